The van der Waals surface area contributed by atoms with Crippen molar-refractivity contribution < 1.29 is 9.53 Å². The molecule has 1 aliphatic carbocycles. The van der Waals surface area contributed by atoms with E-state index in [-0.39, 0.29) is 17.5 Å². The Morgan fingerprint density at radius 1 is 1.12 bits per heavy atom. The molecule has 33 heavy (non-hydrogen) atoms. The number of benzene rings is 2. The molecule has 1 heterocycles. The SMILES string of the molecule is N#C/C(=C\c1cn(CCOc2ccccc2Cl)c2ccccc12)C(=O)NC1CCCCCC1. The molecular weight excluding hydrogens is 434 g/mol. The predicted molar refractivity (Wildman–Crippen MR) is 132 cm³/mol. The number of nitrogens with one attached hydrogen (secondary N) is 1. The average Bonchev–Trinajstić information content (AvgIpc) is 2.98. The molecule has 1 aliphatic rings. The van der Waals surface area contributed by atoms with Crippen molar-refractivity contribution in [2.45, 2.75) is 51.1 Å². The van der Waals surface area contributed by atoms with E-state index in [1.165, 1.54) is 12.8 Å². The van der Waals surface area contributed by atoms with Gasteiger partial charge >= 0.3 is 0 Å². The summed E-state index contributed by atoms with van der Waals surface area (Å²) >= 11 is 6.18. The molecule has 0 bridgehead atoms. The normalized spacial score (nSPS) is 15.1. The number of carbonyl (C=O) groups excluding carboxylic acids is 1. The molecule has 4 rings (SSSR count). The van der Waals surface area contributed by atoms with Crippen molar-refractivity contribution in [2.24, 2.45) is 0 Å². The number of ether oxygens (including phenoxy) is 1. The Hall–Kier alpha value is -3.23. The third-order valence-corrected chi connectivity index (χ3v) is 6.41. The van der Waals surface area contributed by atoms with Gasteiger partial charge in [-0.05, 0) is 37.1 Å². The van der Waals surface area contributed by atoms with Crippen LogP contribution in [0.1, 0.15) is 44.1 Å². The van der Waals surface area contributed by atoms with Gasteiger partial charge in [0.25, 0.3) is 5.91 Å². The fourth-order valence-electron chi connectivity index (χ4n) is 4.38. The molecule has 0 saturated heterocycles. The quantitative estimate of drug-likeness (QED) is 0.262. The summed E-state index contributed by atoms with van der Waals surface area (Å²) < 4.78 is 7.93. The van der Waals surface area contributed by atoms with E-state index in [1.54, 1.807) is 12.1 Å². The topological polar surface area (TPSA) is 67.0 Å². The van der Waals surface area contributed by atoms with Crippen LogP contribution in [0.15, 0.2) is 60.3 Å². The van der Waals surface area contributed by atoms with Gasteiger partial charge in [-0.2, -0.15) is 5.26 Å². The number of halogens is 1. The Morgan fingerprint density at radius 2 is 1.85 bits per heavy atom. The van der Waals surface area contributed by atoms with Crippen LogP contribution >= 0.6 is 11.6 Å². The van der Waals surface area contributed by atoms with Crippen LogP contribution in [0.2, 0.25) is 5.02 Å². The highest BCUT2D eigenvalue weighted by Gasteiger charge is 2.18. The maximum absolute atomic E-state index is 12.8. The average molecular weight is 462 g/mol. The zero-order valence-corrected chi connectivity index (χ0v) is 19.4. The molecule has 0 aliphatic heterocycles. The lowest BCUT2D eigenvalue weighted by molar-refractivity contribution is -0.117. The van der Waals surface area contributed by atoms with Gasteiger partial charge in [0.1, 0.15) is 24.0 Å². The molecule has 1 aromatic heterocycles. The Bertz CT molecular complexity index is 1180. The Morgan fingerprint density at radius 3 is 2.61 bits per heavy atom. The van der Waals surface area contributed by atoms with Gasteiger partial charge < -0.3 is 14.6 Å². The minimum Gasteiger partial charge on any atom is -0.490 e. The van der Waals surface area contributed by atoms with Gasteiger partial charge in [-0.3, -0.25) is 4.79 Å². The molecule has 1 amide bonds. The summed E-state index contributed by atoms with van der Waals surface area (Å²) in [5, 5.41) is 14.3. The largest absolute Gasteiger partial charge is 0.490 e. The maximum Gasteiger partial charge on any atom is 0.262 e. The number of nitriles is 1. The van der Waals surface area contributed by atoms with Crippen molar-refractivity contribution in [1.29, 1.82) is 5.26 Å². The minimum atomic E-state index is -0.289. The van der Waals surface area contributed by atoms with Crippen molar-refractivity contribution in [1.82, 2.24) is 9.88 Å². The molecule has 0 radical (unpaired) electrons. The molecule has 5 nitrogen and oxygen atoms in total. The van der Waals surface area contributed by atoms with Gasteiger partial charge in [0.05, 0.1) is 11.6 Å². The summed E-state index contributed by atoms with van der Waals surface area (Å²) in [4.78, 5) is 12.8. The van der Waals surface area contributed by atoms with E-state index >= 15 is 0 Å². The molecule has 0 spiro atoms. The first kappa shape index (κ1) is 22.9. The molecule has 3 aromatic rings. The fraction of sp³-hybridized carbons (Fsp3) is 0.333. The summed E-state index contributed by atoms with van der Waals surface area (Å²) in [5.41, 5.74) is 2.00. The van der Waals surface area contributed by atoms with Crippen molar-refractivity contribution in [3.05, 3.63) is 70.9 Å². The highest BCUT2D eigenvalue weighted by molar-refractivity contribution is 6.32. The number of nitrogens with zero attached hydrogens (tertiary/aromatic N) is 2. The Kier molecular flexibility index (Phi) is 7.70. The molecule has 170 valence electrons. The second-order valence-electron chi connectivity index (χ2n) is 8.41. The Balaban J connectivity index is 1.51. The van der Waals surface area contributed by atoms with Crippen LogP contribution in [0, 0.1) is 11.3 Å². The fourth-order valence-corrected chi connectivity index (χ4v) is 4.57. The molecular formula is C27H28ClN3O2. The summed E-state index contributed by atoms with van der Waals surface area (Å²) in [6.07, 6.45) is 10.3. The lowest BCUT2D eigenvalue weighted by atomic mass is 10.1. The van der Waals surface area contributed by atoms with Crippen molar-refractivity contribution in [2.75, 3.05) is 6.61 Å². The first-order valence-electron chi connectivity index (χ1n) is 11.5. The van der Waals surface area contributed by atoms with Crippen LogP contribution in [0.4, 0.5) is 0 Å². The number of hydrogen-bond donors (Lipinski definition) is 1. The summed E-state index contributed by atoms with van der Waals surface area (Å²) in [7, 11) is 0. The second kappa shape index (κ2) is 11.1. The Labute approximate surface area is 199 Å². The molecule has 6 heteroatoms. The van der Waals surface area contributed by atoms with Crippen molar-refractivity contribution >= 4 is 34.5 Å². The van der Waals surface area contributed by atoms with E-state index in [9.17, 15) is 10.1 Å². The van der Waals surface area contributed by atoms with E-state index in [1.807, 2.05) is 48.7 Å². The molecule has 1 N–H and O–H groups in total. The van der Waals surface area contributed by atoms with Gasteiger partial charge in [0.2, 0.25) is 0 Å². The second-order valence-corrected chi connectivity index (χ2v) is 8.81. The summed E-state index contributed by atoms with van der Waals surface area (Å²) in [5.74, 6) is 0.362. The highest BCUT2D eigenvalue weighted by Crippen LogP contribution is 2.26. The third kappa shape index (κ3) is 5.77. The van der Waals surface area contributed by atoms with Gasteiger partial charge in [-0.1, -0.05) is 67.6 Å². The minimum absolute atomic E-state index is 0.134. The van der Waals surface area contributed by atoms with Crippen LogP contribution in [0.3, 0.4) is 0 Å². The highest BCUT2D eigenvalue weighted by atomic mass is 35.5. The first-order chi connectivity index (χ1) is 16.2. The molecule has 2 aromatic carbocycles. The number of para-hydroxylation sites is 2. The molecule has 1 fully saturated rings. The van der Waals surface area contributed by atoms with E-state index in [4.69, 9.17) is 16.3 Å². The van der Waals surface area contributed by atoms with Gasteiger partial charge in [0.15, 0.2) is 0 Å². The lowest BCUT2D eigenvalue weighted by Crippen LogP contribution is -2.35. The summed E-state index contributed by atoms with van der Waals surface area (Å²) in [6.45, 7) is 1.05. The first-order valence-corrected chi connectivity index (χ1v) is 11.9. The maximum atomic E-state index is 12.8. The van der Waals surface area contributed by atoms with Crippen molar-refractivity contribution in [3.63, 3.8) is 0 Å². The number of carbonyl (C=O) groups is 1. The van der Waals surface area contributed by atoms with E-state index in [2.05, 4.69) is 16.0 Å². The summed E-state index contributed by atoms with van der Waals surface area (Å²) in [6, 6.07) is 17.6. The van der Waals surface area contributed by atoms with Crippen LogP contribution < -0.4 is 10.1 Å². The number of aromatic nitrogens is 1. The van der Waals surface area contributed by atoms with Crippen LogP contribution in [0.25, 0.3) is 17.0 Å². The number of fused-ring (bicyclic) bond motifs is 1. The lowest BCUT2D eigenvalue weighted by Gasteiger charge is -2.15. The van der Waals surface area contributed by atoms with E-state index in [0.717, 1.165) is 42.1 Å². The van der Waals surface area contributed by atoms with Gasteiger partial charge in [-0.25, -0.2) is 0 Å². The van der Waals surface area contributed by atoms with Gasteiger partial charge in [-0.15, -0.1) is 0 Å². The zero-order chi connectivity index (χ0) is 23.0. The molecule has 0 atom stereocenters. The van der Waals surface area contributed by atoms with Crippen LogP contribution in [0.5, 0.6) is 5.75 Å². The van der Waals surface area contributed by atoms with Gasteiger partial charge in [0, 0.05) is 28.7 Å². The monoisotopic (exact) mass is 461 g/mol. The molecule has 1 saturated carbocycles. The smallest absolute Gasteiger partial charge is 0.262 e. The third-order valence-electron chi connectivity index (χ3n) is 6.10. The van der Waals surface area contributed by atoms with Crippen molar-refractivity contribution in [3.8, 4) is 11.8 Å². The number of hydrogen-bond acceptors (Lipinski definition) is 3. The van der Waals surface area contributed by atoms with E-state index < -0.39 is 0 Å². The van der Waals surface area contributed by atoms with E-state index in [0.29, 0.717) is 23.9 Å². The number of rotatable bonds is 7. The zero-order valence-electron chi connectivity index (χ0n) is 18.6. The molecule has 0 unspecified atom stereocenters. The number of amides is 1. The standard InChI is InChI=1S/C27H28ClN3O2/c28-24-12-6-8-14-26(24)33-16-15-31-19-21(23-11-5-7-13-25(23)31)17-20(18-29)27(32)30-22-9-3-1-2-4-10-22/h5-8,11-14,17,19,22H,1-4,9-10,15-16H2,(H,30,32)/b20-17+. The van der Waals surface area contributed by atoms with Crippen LogP contribution in [-0.4, -0.2) is 23.1 Å². The predicted octanol–water partition coefficient (Wildman–Crippen LogP) is 6.12. The van der Waals surface area contributed by atoms with Crippen LogP contribution in [-0.2, 0) is 11.3 Å².